The predicted octanol–water partition coefficient (Wildman–Crippen LogP) is 0.575. The molecule has 0 heterocycles. The molecule has 0 aromatic rings. The number of hydrogen-bond donors (Lipinski definition) is 4. The molecule has 0 amide bonds. The summed E-state index contributed by atoms with van der Waals surface area (Å²) in [6, 6.07) is 0. The summed E-state index contributed by atoms with van der Waals surface area (Å²) in [6.45, 7) is 3.90. The van der Waals surface area contributed by atoms with Crippen LogP contribution in [0.3, 0.4) is 0 Å². The first-order valence-corrected chi connectivity index (χ1v) is 6.01. The Labute approximate surface area is 112 Å². The molecule has 0 unspecified atom stereocenters. The van der Waals surface area contributed by atoms with Crippen LogP contribution in [0.2, 0.25) is 0 Å². The van der Waals surface area contributed by atoms with Gasteiger partial charge in [0.15, 0.2) is 10.2 Å². The van der Waals surface area contributed by atoms with Gasteiger partial charge < -0.3 is 11.5 Å². The van der Waals surface area contributed by atoms with E-state index < -0.39 is 0 Å². The molecule has 0 rings (SSSR count). The van der Waals surface area contributed by atoms with Crippen LogP contribution in [-0.4, -0.2) is 21.6 Å². The summed E-state index contributed by atoms with van der Waals surface area (Å²) in [6.07, 6.45) is 2.83. The van der Waals surface area contributed by atoms with Gasteiger partial charge in [0.1, 0.15) is 0 Å². The van der Waals surface area contributed by atoms with E-state index in [2.05, 4.69) is 52.4 Å². The molecule has 0 spiro atoms. The molecule has 0 saturated carbocycles. The first-order valence-electron chi connectivity index (χ1n) is 5.19. The first-order chi connectivity index (χ1) is 7.97. The maximum absolute atomic E-state index is 5.31. The molecule has 6 N–H and O–H groups in total. The minimum Gasteiger partial charge on any atom is -0.375 e. The van der Waals surface area contributed by atoms with Gasteiger partial charge in [-0.3, -0.25) is 10.9 Å². The number of nitrogens with one attached hydrogen (secondary N) is 2. The molecule has 96 valence electrons. The molecule has 0 bridgehead atoms. The van der Waals surface area contributed by atoms with Gasteiger partial charge >= 0.3 is 0 Å². The normalized spacial score (nSPS) is 12.1. The second-order valence-electron chi connectivity index (χ2n) is 3.31. The van der Waals surface area contributed by atoms with Crippen molar-refractivity contribution in [3.8, 4) is 0 Å². The summed E-state index contributed by atoms with van der Waals surface area (Å²) in [5.74, 6) is 0. The maximum atomic E-state index is 5.31. The summed E-state index contributed by atoms with van der Waals surface area (Å²) in [5.41, 5.74) is 17.1. The van der Waals surface area contributed by atoms with E-state index >= 15 is 0 Å². The smallest absolute Gasteiger partial charge is 0.184 e. The molecule has 0 aliphatic heterocycles. The van der Waals surface area contributed by atoms with Crippen LogP contribution in [0.25, 0.3) is 0 Å². The fourth-order valence-corrected chi connectivity index (χ4v) is 1.08. The third-order valence-electron chi connectivity index (χ3n) is 1.82. The van der Waals surface area contributed by atoms with Crippen molar-refractivity contribution < 1.29 is 0 Å². The van der Waals surface area contributed by atoms with Gasteiger partial charge in [0.05, 0.1) is 11.4 Å². The Morgan fingerprint density at radius 3 is 2.12 bits per heavy atom. The van der Waals surface area contributed by atoms with E-state index in [0.29, 0.717) is 5.71 Å². The Morgan fingerprint density at radius 2 is 1.65 bits per heavy atom. The summed E-state index contributed by atoms with van der Waals surface area (Å²) in [7, 11) is 0. The summed E-state index contributed by atoms with van der Waals surface area (Å²) >= 11 is 9.34. The largest absolute Gasteiger partial charge is 0.375 e. The third kappa shape index (κ3) is 8.52. The zero-order valence-electron chi connectivity index (χ0n) is 9.99. The van der Waals surface area contributed by atoms with Crippen LogP contribution in [0.5, 0.6) is 0 Å². The van der Waals surface area contributed by atoms with E-state index in [9.17, 15) is 0 Å². The average Bonchev–Trinajstić information content (AvgIpc) is 2.25. The van der Waals surface area contributed by atoms with Crippen LogP contribution >= 0.6 is 24.4 Å². The van der Waals surface area contributed by atoms with E-state index in [1.807, 2.05) is 0 Å². The second kappa shape index (κ2) is 8.82. The van der Waals surface area contributed by atoms with Crippen molar-refractivity contribution in [3.63, 3.8) is 0 Å². The van der Waals surface area contributed by atoms with Crippen LogP contribution in [0.15, 0.2) is 10.2 Å². The molecule has 0 aliphatic carbocycles. The quantitative estimate of drug-likeness (QED) is 0.321. The van der Waals surface area contributed by atoms with Crippen molar-refractivity contribution in [2.24, 2.45) is 21.7 Å². The Morgan fingerprint density at radius 1 is 1.12 bits per heavy atom. The zero-order chi connectivity index (χ0) is 13.3. The number of unbranched alkanes of at least 4 members (excludes halogenated alkanes) is 1. The summed E-state index contributed by atoms with van der Waals surface area (Å²) in [5, 5.41) is 8.32. The number of nitrogens with zero attached hydrogens (tertiary/aromatic N) is 2. The fourth-order valence-electron chi connectivity index (χ4n) is 0.988. The van der Waals surface area contributed by atoms with Crippen LogP contribution in [0, 0.1) is 0 Å². The predicted molar refractivity (Wildman–Crippen MR) is 79.9 cm³/mol. The molecular formula is C9H18N6S2. The first kappa shape index (κ1) is 15.7. The van der Waals surface area contributed by atoms with E-state index in [1.54, 1.807) is 6.92 Å². The van der Waals surface area contributed by atoms with Crippen LogP contribution in [0.1, 0.15) is 33.1 Å². The van der Waals surface area contributed by atoms with Gasteiger partial charge in [-0.1, -0.05) is 13.3 Å². The lowest BCUT2D eigenvalue weighted by molar-refractivity contribution is 0.831. The molecule has 0 aliphatic rings. The van der Waals surface area contributed by atoms with Gasteiger partial charge in [0.2, 0.25) is 0 Å². The van der Waals surface area contributed by atoms with Gasteiger partial charge in [-0.2, -0.15) is 10.2 Å². The molecule has 0 radical (unpaired) electrons. The van der Waals surface area contributed by atoms with Gasteiger partial charge in [-0.25, -0.2) is 0 Å². The molecule has 8 heteroatoms. The molecule has 0 saturated heterocycles. The van der Waals surface area contributed by atoms with Crippen molar-refractivity contribution >= 4 is 46.1 Å². The number of rotatable bonds is 6. The Balaban J connectivity index is 4.65. The molecule has 0 atom stereocenters. The number of thiocarbonyl (C=S) groups is 2. The van der Waals surface area contributed by atoms with Gasteiger partial charge in [0.25, 0.3) is 0 Å². The van der Waals surface area contributed by atoms with Crippen LogP contribution < -0.4 is 22.3 Å². The molecule has 6 nitrogen and oxygen atoms in total. The highest BCUT2D eigenvalue weighted by molar-refractivity contribution is 7.80. The fraction of sp³-hybridized carbons (Fsp3) is 0.556. The lowest BCUT2D eigenvalue weighted by atomic mass is 10.1. The highest BCUT2D eigenvalue weighted by Gasteiger charge is 2.04. The molecule has 0 aromatic carbocycles. The molecule has 0 fully saturated rings. The summed E-state index contributed by atoms with van der Waals surface area (Å²) in [4.78, 5) is 0. The van der Waals surface area contributed by atoms with E-state index in [0.717, 1.165) is 25.0 Å². The number of hydrazone groups is 2. The third-order valence-corrected chi connectivity index (χ3v) is 2.00. The lowest BCUT2D eigenvalue weighted by Gasteiger charge is -2.06. The summed E-state index contributed by atoms with van der Waals surface area (Å²) < 4.78 is 0. The number of nitrogens with two attached hydrogens (primary N) is 2. The average molecular weight is 274 g/mol. The second-order valence-corrected chi connectivity index (χ2v) is 4.19. The minimum atomic E-state index is 0.112. The van der Waals surface area contributed by atoms with Crippen molar-refractivity contribution in [1.29, 1.82) is 0 Å². The monoisotopic (exact) mass is 274 g/mol. The number of hydrogen-bond acceptors (Lipinski definition) is 4. The van der Waals surface area contributed by atoms with E-state index in [-0.39, 0.29) is 10.2 Å². The van der Waals surface area contributed by atoms with E-state index in [4.69, 9.17) is 11.5 Å². The van der Waals surface area contributed by atoms with Gasteiger partial charge in [0, 0.05) is 0 Å². The van der Waals surface area contributed by atoms with Crippen molar-refractivity contribution in [2.75, 3.05) is 0 Å². The molecule has 17 heavy (non-hydrogen) atoms. The Bertz CT molecular complexity index is 336. The van der Waals surface area contributed by atoms with Crippen LogP contribution in [0.4, 0.5) is 0 Å². The highest BCUT2D eigenvalue weighted by Crippen LogP contribution is 1.99. The Kier molecular flexibility index (Phi) is 8.16. The molecular weight excluding hydrogens is 256 g/mol. The van der Waals surface area contributed by atoms with Crippen molar-refractivity contribution in [1.82, 2.24) is 10.9 Å². The van der Waals surface area contributed by atoms with E-state index in [1.165, 1.54) is 0 Å². The zero-order valence-corrected chi connectivity index (χ0v) is 11.6. The molecule has 0 aromatic heterocycles. The van der Waals surface area contributed by atoms with Gasteiger partial charge in [-0.05, 0) is 44.2 Å². The SMILES string of the molecule is CCCCC(=N\NC(N)=S)/C(C)=N/NC(N)=S. The Hall–Kier alpha value is -1.28. The topological polar surface area (TPSA) is 101 Å². The lowest BCUT2D eigenvalue weighted by Crippen LogP contribution is -2.29. The minimum absolute atomic E-state index is 0.112. The maximum Gasteiger partial charge on any atom is 0.184 e. The van der Waals surface area contributed by atoms with Gasteiger partial charge in [-0.15, -0.1) is 0 Å². The van der Waals surface area contributed by atoms with Crippen molar-refractivity contribution in [2.45, 2.75) is 33.1 Å². The van der Waals surface area contributed by atoms with Crippen LogP contribution in [-0.2, 0) is 0 Å². The van der Waals surface area contributed by atoms with Crippen molar-refractivity contribution in [3.05, 3.63) is 0 Å². The standard InChI is InChI=1S/C9H18N6S2/c1-3-4-5-7(13-15-9(11)17)6(2)12-14-8(10)16/h3-5H2,1-2H3,(H3,10,14,16)(H3,11,15,17)/b12-6+,13-7+. The highest BCUT2D eigenvalue weighted by atomic mass is 32.1.